The van der Waals surface area contributed by atoms with Gasteiger partial charge in [-0.25, -0.2) is 0 Å². The number of rotatable bonds is 2. The van der Waals surface area contributed by atoms with Gasteiger partial charge in [0.05, 0.1) is 16.6 Å². The minimum absolute atomic E-state index is 0.0378. The molecule has 0 aliphatic carbocycles. The highest BCUT2D eigenvalue weighted by Crippen LogP contribution is 2.21. The molecule has 4 nitrogen and oxygen atoms in total. The molecule has 2 heterocycles. The second-order valence-corrected chi connectivity index (χ2v) is 5.35. The van der Waals surface area contributed by atoms with E-state index in [1.54, 1.807) is 17.7 Å². The Morgan fingerprint density at radius 2 is 2.05 bits per heavy atom. The molecule has 0 unspecified atom stereocenters. The minimum atomic E-state index is -0.899. The summed E-state index contributed by atoms with van der Waals surface area (Å²) in [6.07, 6.45) is -0.0814. The maximum atomic E-state index is 12.5. The summed E-state index contributed by atoms with van der Waals surface area (Å²) in [4.78, 5) is 23.3. The number of fused-ring (bicyclic) bond motifs is 2. The molecule has 0 radical (unpaired) electrons. The molecular formula is C14H11NO3S. The van der Waals surface area contributed by atoms with Crippen molar-refractivity contribution in [1.82, 2.24) is 4.57 Å². The molecule has 0 aliphatic heterocycles. The highest BCUT2D eigenvalue weighted by molar-refractivity contribution is 7.17. The third-order valence-corrected chi connectivity index (χ3v) is 4.18. The number of hydrogen-bond acceptors (Lipinski definition) is 3. The molecule has 0 atom stereocenters. The molecule has 5 heteroatoms. The lowest BCUT2D eigenvalue weighted by Gasteiger charge is -1.99. The fraction of sp³-hybridized carbons (Fsp3) is 0.143. The molecule has 96 valence electrons. The summed E-state index contributed by atoms with van der Waals surface area (Å²) >= 11 is 1.41. The van der Waals surface area contributed by atoms with E-state index >= 15 is 0 Å². The van der Waals surface area contributed by atoms with E-state index < -0.39 is 5.97 Å². The van der Waals surface area contributed by atoms with E-state index in [2.05, 4.69) is 0 Å². The quantitative estimate of drug-likeness (QED) is 0.780. The fourth-order valence-electron chi connectivity index (χ4n) is 2.34. The predicted octanol–water partition coefficient (Wildman–Crippen LogP) is 2.38. The normalized spacial score (nSPS) is 11.2. The summed E-state index contributed by atoms with van der Waals surface area (Å²) < 4.78 is 2.39. The molecule has 2 aromatic heterocycles. The van der Waals surface area contributed by atoms with Crippen molar-refractivity contribution in [3.05, 3.63) is 45.6 Å². The van der Waals surface area contributed by atoms with Crippen molar-refractivity contribution >= 4 is 38.3 Å². The second-order valence-electron chi connectivity index (χ2n) is 4.44. The van der Waals surface area contributed by atoms with Crippen LogP contribution in [0.5, 0.6) is 0 Å². The number of nitrogens with zero attached hydrogens (tertiary/aromatic N) is 1. The Bertz CT molecular complexity index is 860. The molecule has 3 aromatic rings. The molecule has 1 aromatic carbocycles. The first-order valence-corrected chi connectivity index (χ1v) is 6.66. The van der Waals surface area contributed by atoms with Gasteiger partial charge in [0.15, 0.2) is 0 Å². The van der Waals surface area contributed by atoms with E-state index in [-0.39, 0.29) is 11.8 Å². The van der Waals surface area contributed by atoms with Gasteiger partial charge in [0.25, 0.3) is 0 Å². The first kappa shape index (κ1) is 11.9. The summed E-state index contributed by atoms with van der Waals surface area (Å²) in [5, 5.41) is 12.5. The van der Waals surface area contributed by atoms with Gasteiger partial charge in [-0.2, -0.15) is 0 Å². The molecular weight excluding hydrogens is 262 g/mol. The molecule has 19 heavy (non-hydrogen) atoms. The standard InChI is InChI=1S/C14H11NO3S/c1-15-10(7-11(16)17)6-9-3-2-8-4-5-19-14(8)13(18)12(9)15/h2-6H,7H2,1H3,(H,16,17). The van der Waals surface area contributed by atoms with Crippen LogP contribution < -0.4 is 5.43 Å². The van der Waals surface area contributed by atoms with Crippen LogP contribution >= 0.6 is 11.3 Å². The Kier molecular flexibility index (Phi) is 2.64. The molecule has 0 bridgehead atoms. The Balaban J connectivity index is 2.43. The summed E-state index contributed by atoms with van der Waals surface area (Å²) in [6.45, 7) is 0. The van der Waals surface area contributed by atoms with E-state index in [0.717, 1.165) is 10.8 Å². The van der Waals surface area contributed by atoms with Gasteiger partial charge in [-0.05, 0) is 22.9 Å². The predicted molar refractivity (Wildman–Crippen MR) is 75.9 cm³/mol. The van der Waals surface area contributed by atoms with Gasteiger partial charge < -0.3 is 9.67 Å². The summed E-state index contributed by atoms with van der Waals surface area (Å²) in [5.74, 6) is -0.899. The monoisotopic (exact) mass is 273 g/mol. The Morgan fingerprint density at radius 1 is 1.32 bits per heavy atom. The van der Waals surface area contributed by atoms with Crippen LogP contribution in [0.1, 0.15) is 5.69 Å². The van der Waals surface area contributed by atoms with E-state index in [0.29, 0.717) is 15.9 Å². The van der Waals surface area contributed by atoms with Crippen molar-refractivity contribution in [2.75, 3.05) is 0 Å². The average Bonchev–Trinajstić information content (AvgIpc) is 2.89. The largest absolute Gasteiger partial charge is 0.481 e. The third kappa shape index (κ3) is 1.82. The van der Waals surface area contributed by atoms with Gasteiger partial charge in [-0.15, -0.1) is 11.3 Å². The van der Waals surface area contributed by atoms with Crippen molar-refractivity contribution in [3.63, 3.8) is 0 Å². The lowest BCUT2D eigenvalue weighted by Crippen LogP contribution is -2.08. The Morgan fingerprint density at radius 3 is 2.79 bits per heavy atom. The van der Waals surface area contributed by atoms with Crippen molar-refractivity contribution < 1.29 is 9.90 Å². The van der Waals surface area contributed by atoms with Crippen LogP contribution in [0.3, 0.4) is 0 Å². The molecule has 3 rings (SSSR count). The smallest absolute Gasteiger partial charge is 0.309 e. The Labute approximate surface area is 112 Å². The number of hydrogen-bond donors (Lipinski definition) is 1. The number of carbonyl (C=O) groups is 1. The lowest BCUT2D eigenvalue weighted by atomic mass is 10.3. The van der Waals surface area contributed by atoms with Crippen LogP contribution in [-0.4, -0.2) is 15.6 Å². The molecule has 0 fully saturated rings. The van der Waals surface area contributed by atoms with E-state index in [1.807, 2.05) is 23.6 Å². The van der Waals surface area contributed by atoms with Crippen LogP contribution in [0, 0.1) is 0 Å². The minimum Gasteiger partial charge on any atom is -0.481 e. The molecule has 1 N–H and O–H groups in total. The van der Waals surface area contributed by atoms with Gasteiger partial charge in [-0.3, -0.25) is 9.59 Å². The molecule has 0 amide bonds. The summed E-state index contributed by atoms with van der Waals surface area (Å²) in [6, 6.07) is 7.46. The van der Waals surface area contributed by atoms with Gasteiger partial charge in [0, 0.05) is 18.1 Å². The van der Waals surface area contributed by atoms with Crippen LogP contribution in [0.4, 0.5) is 0 Å². The van der Waals surface area contributed by atoms with Crippen molar-refractivity contribution in [2.45, 2.75) is 6.42 Å². The Hall–Kier alpha value is -2.14. The molecule has 0 saturated carbocycles. The maximum Gasteiger partial charge on any atom is 0.309 e. The number of carboxylic acids is 1. The highest BCUT2D eigenvalue weighted by atomic mass is 32.1. The maximum absolute atomic E-state index is 12.5. The number of aryl methyl sites for hydroxylation is 1. The van der Waals surface area contributed by atoms with Crippen LogP contribution in [-0.2, 0) is 18.3 Å². The van der Waals surface area contributed by atoms with Gasteiger partial charge >= 0.3 is 5.97 Å². The number of aliphatic carboxylic acids is 1. The molecule has 0 aliphatic rings. The zero-order valence-electron chi connectivity index (χ0n) is 10.2. The SMILES string of the molecule is Cn1c(CC(=O)O)cc2ccc3ccsc3c(=O)c21. The summed E-state index contributed by atoms with van der Waals surface area (Å²) in [7, 11) is 1.74. The highest BCUT2D eigenvalue weighted by Gasteiger charge is 2.12. The van der Waals surface area contributed by atoms with Crippen molar-refractivity contribution in [1.29, 1.82) is 0 Å². The van der Waals surface area contributed by atoms with Crippen LogP contribution in [0.2, 0.25) is 0 Å². The van der Waals surface area contributed by atoms with Crippen LogP contribution in [0.15, 0.2) is 34.4 Å². The number of aromatic nitrogens is 1. The van der Waals surface area contributed by atoms with Crippen LogP contribution in [0.25, 0.3) is 21.0 Å². The first-order chi connectivity index (χ1) is 9.08. The zero-order chi connectivity index (χ0) is 13.6. The van der Waals surface area contributed by atoms with Crippen molar-refractivity contribution in [2.24, 2.45) is 7.05 Å². The van der Waals surface area contributed by atoms with Gasteiger partial charge in [0.2, 0.25) is 5.43 Å². The van der Waals surface area contributed by atoms with E-state index in [1.165, 1.54) is 11.3 Å². The summed E-state index contributed by atoms with van der Waals surface area (Å²) in [5.41, 5.74) is 1.16. The average molecular weight is 273 g/mol. The number of carboxylic acid groups (broad SMARTS) is 1. The molecule has 0 spiro atoms. The topological polar surface area (TPSA) is 59.3 Å². The third-order valence-electron chi connectivity index (χ3n) is 3.25. The van der Waals surface area contributed by atoms with E-state index in [9.17, 15) is 9.59 Å². The van der Waals surface area contributed by atoms with Gasteiger partial charge in [0.1, 0.15) is 0 Å². The van der Waals surface area contributed by atoms with Gasteiger partial charge in [-0.1, -0.05) is 12.1 Å². The molecule has 0 saturated heterocycles. The lowest BCUT2D eigenvalue weighted by molar-refractivity contribution is -0.136. The van der Waals surface area contributed by atoms with Crippen molar-refractivity contribution in [3.8, 4) is 0 Å². The zero-order valence-corrected chi connectivity index (χ0v) is 11.0. The fourth-order valence-corrected chi connectivity index (χ4v) is 3.17. The van der Waals surface area contributed by atoms with E-state index in [4.69, 9.17) is 5.11 Å². The first-order valence-electron chi connectivity index (χ1n) is 5.78. The second kappa shape index (κ2) is 4.20. The number of thiophene rings is 1.